The normalized spacial score (nSPS) is 15.3. The van der Waals surface area contributed by atoms with Crippen molar-refractivity contribution < 1.29 is 19.4 Å². The first-order valence-corrected chi connectivity index (χ1v) is 6.41. The SMILES string of the molecule is COC(C#N)(O[N+](=O)[O-])C(C)(COCc1ccccc1)N=[N+]=[N-]. The lowest BCUT2D eigenvalue weighted by Crippen LogP contribution is -2.56. The number of hydrogen-bond donors (Lipinski definition) is 0. The fourth-order valence-electron chi connectivity index (χ4n) is 1.88. The molecule has 0 heterocycles. The molecule has 10 heteroatoms. The number of nitriles is 1. The molecule has 0 aliphatic heterocycles. The zero-order valence-corrected chi connectivity index (χ0v) is 12.6. The molecule has 122 valence electrons. The molecule has 0 aliphatic rings. The van der Waals surface area contributed by atoms with Gasteiger partial charge in [-0.25, -0.2) is 0 Å². The van der Waals surface area contributed by atoms with Gasteiger partial charge >= 0.3 is 5.79 Å². The van der Waals surface area contributed by atoms with E-state index in [1.165, 1.54) is 13.0 Å². The monoisotopic (exact) mass is 321 g/mol. The molecule has 0 saturated heterocycles. The Hall–Kier alpha value is -2.86. The van der Waals surface area contributed by atoms with Gasteiger partial charge in [0.1, 0.15) is 11.6 Å². The van der Waals surface area contributed by atoms with E-state index in [-0.39, 0.29) is 13.2 Å². The summed E-state index contributed by atoms with van der Waals surface area (Å²) in [6.07, 6.45) is 0. The van der Waals surface area contributed by atoms with Crippen LogP contribution in [0.4, 0.5) is 0 Å². The lowest BCUT2D eigenvalue weighted by atomic mass is 9.93. The van der Waals surface area contributed by atoms with Gasteiger partial charge in [0.25, 0.3) is 5.09 Å². The van der Waals surface area contributed by atoms with Gasteiger partial charge in [0.2, 0.25) is 0 Å². The van der Waals surface area contributed by atoms with Crippen LogP contribution in [0.5, 0.6) is 0 Å². The molecule has 0 N–H and O–H groups in total. The maximum Gasteiger partial charge on any atom is 0.317 e. The molecular weight excluding hydrogens is 306 g/mol. The minimum Gasteiger partial charge on any atom is -0.376 e. The van der Waals surface area contributed by atoms with E-state index in [4.69, 9.17) is 15.0 Å². The van der Waals surface area contributed by atoms with Crippen molar-refractivity contribution in [2.75, 3.05) is 13.7 Å². The van der Waals surface area contributed by atoms with E-state index >= 15 is 0 Å². The van der Waals surface area contributed by atoms with Crippen molar-refractivity contribution in [1.29, 1.82) is 5.26 Å². The number of methoxy groups -OCH3 is 1. The summed E-state index contributed by atoms with van der Waals surface area (Å²) >= 11 is 0. The Morgan fingerprint density at radius 2 is 2.13 bits per heavy atom. The van der Waals surface area contributed by atoms with Crippen LogP contribution in [0.15, 0.2) is 35.4 Å². The third-order valence-electron chi connectivity index (χ3n) is 3.11. The standard InChI is InChI=1S/C13H15N5O5/c1-12(16-17-15,13(9-14,21-2)23-18(19)20)10-22-8-11-6-4-3-5-7-11/h3-7H,8,10H2,1-2H3. The molecular formula is C13H15N5O5. The average Bonchev–Trinajstić information content (AvgIpc) is 2.53. The van der Waals surface area contributed by atoms with Crippen LogP contribution in [0, 0.1) is 21.4 Å². The predicted molar refractivity (Wildman–Crippen MR) is 77.1 cm³/mol. The van der Waals surface area contributed by atoms with E-state index in [1.807, 2.05) is 30.3 Å². The quantitative estimate of drug-likeness (QED) is 0.170. The number of hydrogen-bond acceptors (Lipinski definition) is 7. The smallest absolute Gasteiger partial charge is 0.317 e. The molecule has 0 saturated carbocycles. The van der Waals surface area contributed by atoms with Crippen molar-refractivity contribution in [3.05, 3.63) is 56.5 Å². The lowest BCUT2D eigenvalue weighted by molar-refractivity contribution is -0.793. The first-order chi connectivity index (χ1) is 10.9. The molecule has 1 aromatic rings. The second-order valence-corrected chi connectivity index (χ2v) is 4.69. The largest absolute Gasteiger partial charge is 0.376 e. The fourth-order valence-corrected chi connectivity index (χ4v) is 1.88. The van der Waals surface area contributed by atoms with Crippen molar-refractivity contribution >= 4 is 0 Å². The minimum absolute atomic E-state index is 0.154. The van der Waals surface area contributed by atoms with Crippen molar-refractivity contribution in [1.82, 2.24) is 0 Å². The Kier molecular flexibility index (Phi) is 6.29. The molecule has 0 amide bonds. The molecule has 1 rings (SSSR count). The molecule has 0 spiro atoms. The van der Waals surface area contributed by atoms with Gasteiger partial charge in [0, 0.05) is 12.0 Å². The highest BCUT2D eigenvalue weighted by Gasteiger charge is 2.54. The van der Waals surface area contributed by atoms with Gasteiger partial charge in [0.05, 0.1) is 13.2 Å². The molecule has 2 unspecified atom stereocenters. The van der Waals surface area contributed by atoms with Gasteiger partial charge in [-0.1, -0.05) is 35.4 Å². The van der Waals surface area contributed by atoms with Gasteiger partial charge in [-0.15, -0.1) is 10.1 Å². The third kappa shape index (κ3) is 4.31. The first-order valence-electron chi connectivity index (χ1n) is 6.41. The molecule has 1 aromatic carbocycles. The first kappa shape index (κ1) is 18.2. The Morgan fingerprint density at radius 3 is 2.61 bits per heavy atom. The van der Waals surface area contributed by atoms with Crippen molar-refractivity contribution in [2.24, 2.45) is 5.11 Å². The van der Waals surface area contributed by atoms with E-state index in [1.54, 1.807) is 0 Å². The highest BCUT2D eigenvalue weighted by atomic mass is 17.0. The number of benzene rings is 1. The van der Waals surface area contributed by atoms with E-state index in [2.05, 4.69) is 14.9 Å². The molecule has 0 fully saturated rings. The molecule has 0 aromatic heterocycles. The Balaban J connectivity index is 2.98. The summed E-state index contributed by atoms with van der Waals surface area (Å²) in [5, 5.41) is 22.2. The minimum atomic E-state index is -2.43. The van der Waals surface area contributed by atoms with E-state index in [0.717, 1.165) is 12.7 Å². The maximum atomic E-state index is 10.7. The second-order valence-electron chi connectivity index (χ2n) is 4.69. The summed E-state index contributed by atoms with van der Waals surface area (Å²) in [6.45, 7) is 1.09. The van der Waals surface area contributed by atoms with Crippen LogP contribution in [-0.2, 0) is 20.9 Å². The summed E-state index contributed by atoms with van der Waals surface area (Å²) in [5.41, 5.74) is 7.77. The molecule has 0 aliphatic carbocycles. The van der Waals surface area contributed by atoms with Crippen LogP contribution < -0.4 is 0 Å². The van der Waals surface area contributed by atoms with E-state index in [9.17, 15) is 15.4 Å². The summed E-state index contributed by atoms with van der Waals surface area (Å²) in [6, 6.07) is 10.6. The van der Waals surface area contributed by atoms with Crippen molar-refractivity contribution in [3.8, 4) is 6.07 Å². The van der Waals surface area contributed by atoms with Crippen LogP contribution in [0.2, 0.25) is 0 Å². The van der Waals surface area contributed by atoms with Crippen LogP contribution in [0.3, 0.4) is 0 Å². The van der Waals surface area contributed by atoms with Crippen LogP contribution in [0.25, 0.3) is 10.4 Å². The number of azide groups is 1. The van der Waals surface area contributed by atoms with Gasteiger partial charge < -0.3 is 9.47 Å². The number of ether oxygens (including phenoxy) is 2. The third-order valence-corrected chi connectivity index (χ3v) is 3.11. The predicted octanol–water partition coefficient (Wildman–Crippen LogP) is 2.35. The second kappa shape index (κ2) is 7.95. The van der Waals surface area contributed by atoms with Gasteiger partial charge in [-0.3, -0.25) is 4.84 Å². The summed E-state index contributed by atoms with van der Waals surface area (Å²) in [5.74, 6) is -2.43. The van der Waals surface area contributed by atoms with Gasteiger partial charge in [-0.05, 0) is 18.0 Å². The zero-order chi connectivity index (χ0) is 17.3. The Labute approximate surface area is 131 Å². The highest BCUT2D eigenvalue weighted by molar-refractivity contribution is 5.14. The summed E-state index contributed by atoms with van der Waals surface area (Å²) in [7, 11) is 1.04. The topological polar surface area (TPSA) is 143 Å². The molecule has 2 atom stereocenters. The van der Waals surface area contributed by atoms with Crippen LogP contribution >= 0.6 is 0 Å². The van der Waals surface area contributed by atoms with Crippen molar-refractivity contribution in [2.45, 2.75) is 24.9 Å². The molecule has 23 heavy (non-hydrogen) atoms. The van der Waals surface area contributed by atoms with Crippen LogP contribution in [-0.4, -0.2) is 30.1 Å². The molecule has 10 nitrogen and oxygen atoms in total. The Morgan fingerprint density at radius 1 is 1.48 bits per heavy atom. The maximum absolute atomic E-state index is 10.7. The van der Waals surface area contributed by atoms with Crippen molar-refractivity contribution in [3.63, 3.8) is 0 Å². The molecule has 0 bridgehead atoms. The lowest BCUT2D eigenvalue weighted by Gasteiger charge is -2.36. The fraction of sp³-hybridized carbons (Fsp3) is 0.462. The average molecular weight is 321 g/mol. The van der Waals surface area contributed by atoms with E-state index < -0.39 is 16.4 Å². The zero-order valence-electron chi connectivity index (χ0n) is 12.6. The summed E-state index contributed by atoms with van der Waals surface area (Å²) in [4.78, 5) is 17.6. The molecule has 0 radical (unpaired) electrons. The van der Waals surface area contributed by atoms with Gasteiger partial charge in [-0.2, -0.15) is 5.26 Å². The Bertz CT molecular complexity index is 627. The van der Waals surface area contributed by atoms with Gasteiger partial charge in [0.15, 0.2) is 0 Å². The highest BCUT2D eigenvalue weighted by Crippen LogP contribution is 2.32. The number of nitrogens with zero attached hydrogens (tertiary/aromatic N) is 5. The summed E-state index contributed by atoms with van der Waals surface area (Å²) < 4.78 is 10.3. The number of rotatable bonds is 9. The van der Waals surface area contributed by atoms with Crippen LogP contribution in [0.1, 0.15) is 12.5 Å². The van der Waals surface area contributed by atoms with E-state index in [0.29, 0.717) is 0 Å².